The molecule has 1 aliphatic heterocycles. The highest BCUT2D eigenvalue weighted by Gasteiger charge is 2.35. The van der Waals surface area contributed by atoms with Gasteiger partial charge in [-0.05, 0) is 12.1 Å². The molecule has 5 heteroatoms. The molecular formula is C11H14FNO3. The van der Waals surface area contributed by atoms with E-state index in [9.17, 15) is 9.50 Å². The van der Waals surface area contributed by atoms with E-state index >= 15 is 0 Å². The van der Waals surface area contributed by atoms with E-state index in [0.29, 0.717) is 11.3 Å². The minimum absolute atomic E-state index is 0.270. The van der Waals surface area contributed by atoms with Crippen LogP contribution in [0.25, 0.3) is 0 Å². The number of anilines is 1. The van der Waals surface area contributed by atoms with E-state index in [1.54, 1.807) is 12.1 Å². The smallest absolute Gasteiger partial charge is 0.131 e. The maximum absolute atomic E-state index is 13.6. The standard InChI is InChI=1S/C11H14FNO3/c12-8-3-6(13)1-2-7(8)10-4-9(15)11(5-14)16-10/h1-3,9-11,14-15H,4-5,13H2/t9-,10+,11+/m1/s1. The Kier molecular flexibility index (Phi) is 3.09. The van der Waals surface area contributed by atoms with E-state index in [4.69, 9.17) is 15.6 Å². The van der Waals surface area contributed by atoms with Gasteiger partial charge in [0.2, 0.25) is 0 Å². The van der Waals surface area contributed by atoms with Crippen LogP contribution in [0.4, 0.5) is 10.1 Å². The third kappa shape index (κ3) is 2.02. The molecule has 0 amide bonds. The third-order valence-corrected chi connectivity index (χ3v) is 2.78. The number of hydrogen-bond acceptors (Lipinski definition) is 4. The van der Waals surface area contributed by atoms with Gasteiger partial charge in [0.05, 0.1) is 18.8 Å². The first-order valence-electron chi connectivity index (χ1n) is 5.11. The van der Waals surface area contributed by atoms with Crippen molar-refractivity contribution in [3.05, 3.63) is 29.6 Å². The second-order valence-corrected chi connectivity index (χ2v) is 3.93. The number of aliphatic hydroxyl groups is 2. The zero-order chi connectivity index (χ0) is 11.7. The zero-order valence-electron chi connectivity index (χ0n) is 8.64. The molecule has 1 fully saturated rings. The Morgan fingerprint density at radius 1 is 1.50 bits per heavy atom. The van der Waals surface area contributed by atoms with Gasteiger partial charge in [-0.1, -0.05) is 6.07 Å². The number of hydrogen-bond donors (Lipinski definition) is 3. The molecule has 1 aromatic carbocycles. The number of rotatable bonds is 2. The van der Waals surface area contributed by atoms with Crippen LogP contribution in [0.15, 0.2) is 18.2 Å². The normalized spacial score (nSPS) is 29.6. The fourth-order valence-electron chi connectivity index (χ4n) is 1.90. The van der Waals surface area contributed by atoms with Crippen LogP contribution in [-0.4, -0.2) is 29.0 Å². The molecule has 4 N–H and O–H groups in total. The SMILES string of the molecule is Nc1ccc([C@@H]2C[C@@H](O)[C@H](CO)O2)c(F)c1. The first-order chi connectivity index (χ1) is 7.61. The summed E-state index contributed by atoms with van der Waals surface area (Å²) in [5.74, 6) is -0.448. The van der Waals surface area contributed by atoms with Gasteiger partial charge in [0.15, 0.2) is 0 Å². The van der Waals surface area contributed by atoms with Crippen molar-refractivity contribution in [3.63, 3.8) is 0 Å². The van der Waals surface area contributed by atoms with Crippen LogP contribution < -0.4 is 5.73 Å². The number of halogens is 1. The van der Waals surface area contributed by atoms with Crippen molar-refractivity contribution in [1.82, 2.24) is 0 Å². The molecular weight excluding hydrogens is 213 g/mol. The largest absolute Gasteiger partial charge is 0.399 e. The van der Waals surface area contributed by atoms with Crippen molar-refractivity contribution in [2.75, 3.05) is 12.3 Å². The molecule has 1 aliphatic rings. The maximum atomic E-state index is 13.6. The van der Waals surface area contributed by atoms with Crippen molar-refractivity contribution >= 4 is 5.69 Å². The molecule has 88 valence electrons. The fraction of sp³-hybridized carbons (Fsp3) is 0.455. The topological polar surface area (TPSA) is 75.7 Å². The van der Waals surface area contributed by atoms with Gasteiger partial charge in [-0.3, -0.25) is 0 Å². The van der Waals surface area contributed by atoms with Gasteiger partial charge in [-0.2, -0.15) is 0 Å². The summed E-state index contributed by atoms with van der Waals surface area (Å²) in [6.45, 7) is -0.270. The fourth-order valence-corrected chi connectivity index (χ4v) is 1.90. The second kappa shape index (κ2) is 4.37. The monoisotopic (exact) mass is 227 g/mol. The van der Waals surface area contributed by atoms with E-state index in [-0.39, 0.29) is 13.0 Å². The quantitative estimate of drug-likeness (QED) is 0.646. The number of benzene rings is 1. The van der Waals surface area contributed by atoms with E-state index < -0.39 is 24.1 Å². The lowest BCUT2D eigenvalue weighted by molar-refractivity contribution is -0.0233. The summed E-state index contributed by atoms with van der Waals surface area (Å²) in [6, 6.07) is 4.35. The summed E-state index contributed by atoms with van der Waals surface area (Å²) in [4.78, 5) is 0. The van der Waals surface area contributed by atoms with Gasteiger partial charge in [0, 0.05) is 17.7 Å². The third-order valence-electron chi connectivity index (χ3n) is 2.78. The minimum atomic E-state index is -0.757. The predicted octanol–water partition coefficient (Wildman–Crippen LogP) is 0.591. The Morgan fingerprint density at radius 3 is 2.81 bits per heavy atom. The van der Waals surface area contributed by atoms with Crippen molar-refractivity contribution < 1.29 is 19.3 Å². The Labute approximate surface area is 92.5 Å². The van der Waals surface area contributed by atoms with Crippen molar-refractivity contribution in [3.8, 4) is 0 Å². The average Bonchev–Trinajstić information content (AvgIpc) is 2.59. The van der Waals surface area contributed by atoms with Crippen molar-refractivity contribution in [2.45, 2.75) is 24.7 Å². The average molecular weight is 227 g/mol. The molecule has 1 aromatic rings. The summed E-state index contributed by atoms with van der Waals surface area (Å²) < 4.78 is 18.9. The van der Waals surface area contributed by atoms with Crippen molar-refractivity contribution in [1.29, 1.82) is 0 Å². The van der Waals surface area contributed by atoms with Crippen LogP contribution in [0.5, 0.6) is 0 Å². The highest BCUT2D eigenvalue weighted by Crippen LogP contribution is 2.34. The number of ether oxygens (including phenoxy) is 1. The van der Waals surface area contributed by atoms with E-state index in [2.05, 4.69) is 0 Å². The lowest BCUT2D eigenvalue weighted by atomic mass is 10.0. The number of aliphatic hydroxyl groups excluding tert-OH is 2. The summed E-state index contributed by atoms with van der Waals surface area (Å²) in [7, 11) is 0. The van der Waals surface area contributed by atoms with E-state index in [1.165, 1.54) is 6.07 Å². The van der Waals surface area contributed by atoms with Crippen LogP contribution in [0.3, 0.4) is 0 Å². The lowest BCUT2D eigenvalue weighted by Gasteiger charge is -2.13. The van der Waals surface area contributed by atoms with Gasteiger partial charge in [0.1, 0.15) is 11.9 Å². The van der Waals surface area contributed by atoms with E-state index in [0.717, 1.165) is 0 Å². The highest BCUT2D eigenvalue weighted by atomic mass is 19.1. The Balaban J connectivity index is 2.20. The van der Waals surface area contributed by atoms with Gasteiger partial charge < -0.3 is 20.7 Å². The number of nitrogens with two attached hydrogens (primary N) is 1. The molecule has 0 unspecified atom stereocenters. The molecule has 4 nitrogen and oxygen atoms in total. The van der Waals surface area contributed by atoms with Crippen LogP contribution in [0, 0.1) is 5.82 Å². The lowest BCUT2D eigenvalue weighted by Crippen LogP contribution is -2.24. The van der Waals surface area contributed by atoms with Crippen LogP contribution in [-0.2, 0) is 4.74 Å². The van der Waals surface area contributed by atoms with Crippen molar-refractivity contribution in [2.24, 2.45) is 0 Å². The molecule has 16 heavy (non-hydrogen) atoms. The molecule has 2 rings (SSSR count). The molecule has 0 radical (unpaired) electrons. The predicted molar refractivity (Wildman–Crippen MR) is 56.1 cm³/mol. The van der Waals surface area contributed by atoms with Crippen LogP contribution in [0.1, 0.15) is 18.1 Å². The summed E-state index contributed by atoms with van der Waals surface area (Å²) in [6.07, 6.45) is -1.63. The second-order valence-electron chi connectivity index (χ2n) is 3.93. The molecule has 0 aromatic heterocycles. The molecule has 3 atom stereocenters. The van der Waals surface area contributed by atoms with Crippen LogP contribution in [0.2, 0.25) is 0 Å². The molecule has 0 spiro atoms. The Bertz CT molecular complexity index is 385. The highest BCUT2D eigenvalue weighted by molar-refractivity contribution is 5.41. The Morgan fingerprint density at radius 2 is 2.25 bits per heavy atom. The van der Waals surface area contributed by atoms with Crippen LogP contribution >= 0.6 is 0 Å². The molecule has 1 saturated heterocycles. The molecule has 1 heterocycles. The van der Waals surface area contributed by atoms with Gasteiger partial charge >= 0.3 is 0 Å². The summed E-state index contributed by atoms with van der Waals surface area (Å²) in [5.41, 5.74) is 6.15. The van der Waals surface area contributed by atoms with Gasteiger partial charge in [-0.25, -0.2) is 4.39 Å². The molecule has 0 aliphatic carbocycles. The first-order valence-corrected chi connectivity index (χ1v) is 5.11. The number of nitrogen functional groups attached to an aromatic ring is 1. The van der Waals surface area contributed by atoms with E-state index in [1.807, 2.05) is 0 Å². The first kappa shape index (κ1) is 11.3. The molecule has 0 saturated carbocycles. The zero-order valence-corrected chi connectivity index (χ0v) is 8.64. The van der Waals surface area contributed by atoms with Gasteiger partial charge in [-0.15, -0.1) is 0 Å². The maximum Gasteiger partial charge on any atom is 0.131 e. The Hall–Kier alpha value is -1.17. The summed E-state index contributed by atoms with van der Waals surface area (Å²) in [5, 5.41) is 18.4. The summed E-state index contributed by atoms with van der Waals surface area (Å²) >= 11 is 0. The minimum Gasteiger partial charge on any atom is -0.399 e. The van der Waals surface area contributed by atoms with Gasteiger partial charge in [0.25, 0.3) is 0 Å². The molecule has 0 bridgehead atoms.